The molecule has 2 aromatic rings. The molecule has 2 aliphatic rings. The molecule has 0 spiro atoms. The Bertz CT molecular complexity index is 911. The number of ether oxygens (including phenoxy) is 2. The molecule has 8 heteroatoms. The monoisotopic (exact) mass is 353 g/mol. The first-order valence-corrected chi connectivity index (χ1v) is 8.01. The van der Waals surface area contributed by atoms with Crippen LogP contribution in [-0.2, 0) is 14.4 Å². The van der Waals surface area contributed by atoms with Crippen LogP contribution < -0.4 is 25.4 Å². The summed E-state index contributed by atoms with van der Waals surface area (Å²) in [5.74, 6) is 0.0421. The molecule has 0 fully saturated rings. The van der Waals surface area contributed by atoms with Crippen molar-refractivity contribution in [2.45, 2.75) is 12.5 Å². The van der Waals surface area contributed by atoms with E-state index in [1.807, 2.05) is 0 Å². The van der Waals surface area contributed by atoms with Crippen LogP contribution in [0.25, 0.3) is 0 Å². The van der Waals surface area contributed by atoms with Gasteiger partial charge >= 0.3 is 0 Å². The lowest BCUT2D eigenvalue weighted by molar-refractivity contribution is -0.128. The molecule has 0 radical (unpaired) electrons. The summed E-state index contributed by atoms with van der Waals surface area (Å²) < 4.78 is 10.9. The molecule has 3 N–H and O–H groups in total. The second-order valence-electron chi connectivity index (χ2n) is 5.89. The first-order valence-electron chi connectivity index (χ1n) is 8.01. The van der Waals surface area contributed by atoms with Crippen molar-refractivity contribution < 1.29 is 23.9 Å². The summed E-state index contributed by atoms with van der Waals surface area (Å²) in [6.07, 6.45) is -1.03. The Kier molecular flexibility index (Phi) is 3.92. The van der Waals surface area contributed by atoms with Crippen LogP contribution in [-0.4, -0.2) is 30.4 Å². The van der Waals surface area contributed by atoms with Crippen LogP contribution in [0.2, 0.25) is 0 Å². The van der Waals surface area contributed by atoms with Crippen molar-refractivity contribution in [2.75, 3.05) is 22.6 Å². The largest absolute Gasteiger partial charge is 0.482 e. The van der Waals surface area contributed by atoms with E-state index in [0.29, 0.717) is 28.6 Å². The summed E-state index contributed by atoms with van der Waals surface area (Å²) in [4.78, 5) is 35.6. The molecule has 1 unspecified atom stereocenters. The fourth-order valence-corrected chi connectivity index (χ4v) is 2.76. The van der Waals surface area contributed by atoms with Gasteiger partial charge in [0, 0.05) is 11.8 Å². The van der Waals surface area contributed by atoms with Crippen LogP contribution in [0.5, 0.6) is 11.5 Å². The fourth-order valence-electron chi connectivity index (χ4n) is 2.76. The van der Waals surface area contributed by atoms with Gasteiger partial charge < -0.3 is 25.4 Å². The third kappa shape index (κ3) is 3.16. The molecule has 0 saturated heterocycles. The van der Waals surface area contributed by atoms with E-state index >= 15 is 0 Å². The Labute approximate surface area is 148 Å². The zero-order chi connectivity index (χ0) is 18.1. The second kappa shape index (κ2) is 6.40. The molecule has 3 amide bonds. The highest BCUT2D eigenvalue weighted by atomic mass is 16.5. The van der Waals surface area contributed by atoms with E-state index in [9.17, 15) is 14.4 Å². The highest BCUT2D eigenvalue weighted by Crippen LogP contribution is 2.31. The molecule has 0 bridgehead atoms. The third-order valence-corrected chi connectivity index (χ3v) is 3.98. The average Bonchev–Trinajstić information content (AvgIpc) is 2.62. The average molecular weight is 353 g/mol. The number of anilines is 3. The number of benzene rings is 2. The molecule has 0 aliphatic carbocycles. The van der Waals surface area contributed by atoms with E-state index in [1.165, 1.54) is 0 Å². The van der Waals surface area contributed by atoms with Gasteiger partial charge in [-0.1, -0.05) is 12.1 Å². The molecular weight excluding hydrogens is 338 g/mol. The second-order valence-corrected chi connectivity index (χ2v) is 5.89. The van der Waals surface area contributed by atoms with Gasteiger partial charge in [-0.3, -0.25) is 14.4 Å². The number of hydrogen-bond acceptors (Lipinski definition) is 5. The Morgan fingerprint density at radius 2 is 1.88 bits per heavy atom. The molecule has 132 valence electrons. The van der Waals surface area contributed by atoms with Crippen molar-refractivity contribution in [3.63, 3.8) is 0 Å². The topological polar surface area (TPSA) is 106 Å². The minimum absolute atomic E-state index is 0.0695. The molecule has 1 atom stereocenters. The van der Waals surface area contributed by atoms with E-state index in [0.717, 1.165) is 0 Å². The van der Waals surface area contributed by atoms with Crippen molar-refractivity contribution in [1.29, 1.82) is 0 Å². The SMILES string of the molecule is O=C(CC1Oc2ccccc2NC1=O)Nc1ccc2c(c1)OCC(=O)N2. The maximum absolute atomic E-state index is 12.3. The van der Waals surface area contributed by atoms with Gasteiger partial charge in [0.05, 0.1) is 17.8 Å². The predicted octanol–water partition coefficient (Wildman–Crippen LogP) is 1.75. The molecule has 0 saturated carbocycles. The van der Waals surface area contributed by atoms with Gasteiger partial charge in [0.1, 0.15) is 11.5 Å². The number of carbonyl (C=O) groups is 3. The van der Waals surface area contributed by atoms with Gasteiger partial charge in [-0.25, -0.2) is 0 Å². The van der Waals surface area contributed by atoms with Gasteiger partial charge in [0.2, 0.25) is 5.91 Å². The lowest BCUT2D eigenvalue weighted by Crippen LogP contribution is -2.39. The predicted molar refractivity (Wildman–Crippen MR) is 93.3 cm³/mol. The number of carbonyl (C=O) groups excluding carboxylic acids is 3. The number of amides is 3. The van der Waals surface area contributed by atoms with Crippen molar-refractivity contribution in [3.8, 4) is 11.5 Å². The van der Waals surface area contributed by atoms with Gasteiger partial charge in [-0.2, -0.15) is 0 Å². The van der Waals surface area contributed by atoms with Gasteiger partial charge in [-0.15, -0.1) is 0 Å². The molecule has 2 aliphatic heterocycles. The first kappa shape index (κ1) is 15.9. The van der Waals surface area contributed by atoms with Crippen LogP contribution in [0.15, 0.2) is 42.5 Å². The van der Waals surface area contributed by atoms with Crippen LogP contribution in [0.3, 0.4) is 0 Å². The molecule has 2 heterocycles. The van der Waals surface area contributed by atoms with Crippen LogP contribution in [0.4, 0.5) is 17.1 Å². The summed E-state index contributed by atoms with van der Waals surface area (Å²) in [6.45, 7) is -0.0695. The summed E-state index contributed by atoms with van der Waals surface area (Å²) in [7, 11) is 0. The van der Waals surface area contributed by atoms with E-state index in [2.05, 4.69) is 16.0 Å². The van der Waals surface area contributed by atoms with Crippen molar-refractivity contribution in [2.24, 2.45) is 0 Å². The Balaban J connectivity index is 1.42. The maximum Gasteiger partial charge on any atom is 0.266 e. The highest BCUT2D eigenvalue weighted by Gasteiger charge is 2.29. The standard InChI is InChI=1S/C18H15N3O5/c22-16(8-15-18(24)21-11-3-1-2-4-13(11)26-15)19-10-5-6-12-14(7-10)25-9-17(23)20-12/h1-7,15H,8-9H2,(H,19,22)(H,20,23)(H,21,24). The van der Waals surface area contributed by atoms with E-state index in [1.54, 1.807) is 42.5 Å². The zero-order valence-electron chi connectivity index (χ0n) is 13.6. The zero-order valence-corrected chi connectivity index (χ0v) is 13.6. The summed E-state index contributed by atoms with van der Waals surface area (Å²) >= 11 is 0. The van der Waals surface area contributed by atoms with Crippen molar-refractivity contribution >= 4 is 34.8 Å². The summed E-state index contributed by atoms with van der Waals surface area (Å²) in [6, 6.07) is 11.9. The highest BCUT2D eigenvalue weighted by molar-refractivity contribution is 6.02. The molecule has 8 nitrogen and oxygen atoms in total. The Morgan fingerprint density at radius 3 is 2.77 bits per heavy atom. The number of para-hydroxylation sites is 2. The lowest BCUT2D eigenvalue weighted by atomic mass is 10.1. The van der Waals surface area contributed by atoms with Gasteiger partial charge in [0.15, 0.2) is 12.7 Å². The molecular formula is C18H15N3O5. The quantitative estimate of drug-likeness (QED) is 0.779. The number of nitrogens with one attached hydrogen (secondary N) is 3. The van der Waals surface area contributed by atoms with Crippen LogP contribution >= 0.6 is 0 Å². The first-order chi connectivity index (χ1) is 12.6. The summed E-state index contributed by atoms with van der Waals surface area (Å²) in [5, 5.41) is 8.10. The third-order valence-electron chi connectivity index (χ3n) is 3.98. The maximum atomic E-state index is 12.3. The van der Waals surface area contributed by atoms with E-state index in [-0.39, 0.29) is 30.7 Å². The number of hydrogen-bond donors (Lipinski definition) is 3. The van der Waals surface area contributed by atoms with Crippen LogP contribution in [0, 0.1) is 0 Å². The van der Waals surface area contributed by atoms with Gasteiger partial charge in [0.25, 0.3) is 11.8 Å². The van der Waals surface area contributed by atoms with Crippen molar-refractivity contribution in [3.05, 3.63) is 42.5 Å². The van der Waals surface area contributed by atoms with E-state index < -0.39 is 6.10 Å². The fraction of sp³-hybridized carbons (Fsp3) is 0.167. The number of fused-ring (bicyclic) bond motifs is 2. The lowest BCUT2D eigenvalue weighted by Gasteiger charge is -2.25. The van der Waals surface area contributed by atoms with Crippen LogP contribution in [0.1, 0.15) is 6.42 Å². The Morgan fingerprint density at radius 1 is 1.08 bits per heavy atom. The molecule has 2 aromatic carbocycles. The Hall–Kier alpha value is -3.55. The van der Waals surface area contributed by atoms with E-state index in [4.69, 9.17) is 9.47 Å². The van der Waals surface area contributed by atoms with Gasteiger partial charge in [-0.05, 0) is 24.3 Å². The summed E-state index contributed by atoms with van der Waals surface area (Å²) in [5.41, 5.74) is 1.63. The number of rotatable bonds is 3. The smallest absolute Gasteiger partial charge is 0.266 e. The molecule has 4 rings (SSSR count). The minimum atomic E-state index is -0.905. The normalized spacial score (nSPS) is 17.6. The minimum Gasteiger partial charge on any atom is -0.482 e. The molecule has 0 aromatic heterocycles. The molecule has 26 heavy (non-hydrogen) atoms. The van der Waals surface area contributed by atoms with Crippen molar-refractivity contribution in [1.82, 2.24) is 0 Å².